The van der Waals surface area contributed by atoms with Gasteiger partial charge in [-0.2, -0.15) is 0 Å². The lowest BCUT2D eigenvalue weighted by Crippen LogP contribution is -2.38. The standard InChI is InChI=1S/C25H26ClNO5/c1-3-8-32-17-6-4-14(5-7-17)15-10-20-24(21(28)11-15)18(13-23(29)27-20)16-9-19(26)25(30)22(12-16)31-2/h4-7,9,12,15,18,30H,3,8,10-11,13H2,1-2H3,(H,27,29). The molecule has 4 rings (SSSR count). The van der Waals surface area contributed by atoms with Crippen molar-refractivity contribution < 1.29 is 24.2 Å². The second-order valence-corrected chi connectivity index (χ2v) is 8.60. The number of carbonyl (C=O) groups excluding carboxylic acids is 2. The minimum atomic E-state index is -0.427. The molecule has 0 saturated carbocycles. The molecule has 32 heavy (non-hydrogen) atoms. The number of amides is 1. The molecule has 2 aromatic carbocycles. The van der Waals surface area contributed by atoms with E-state index in [4.69, 9.17) is 21.1 Å². The molecule has 1 aliphatic heterocycles. The van der Waals surface area contributed by atoms with Crippen molar-refractivity contribution in [2.45, 2.75) is 44.4 Å². The molecule has 6 nitrogen and oxygen atoms in total. The molecule has 0 bridgehead atoms. The number of carbonyl (C=O) groups is 2. The Balaban J connectivity index is 1.64. The van der Waals surface area contributed by atoms with Gasteiger partial charge in [-0.3, -0.25) is 9.59 Å². The number of ether oxygens (including phenoxy) is 2. The first kappa shape index (κ1) is 22.2. The van der Waals surface area contributed by atoms with Crippen LogP contribution in [0, 0.1) is 0 Å². The summed E-state index contributed by atoms with van der Waals surface area (Å²) in [5, 5.41) is 13.1. The van der Waals surface area contributed by atoms with Crippen molar-refractivity contribution in [2.24, 2.45) is 0 Å². The van der Waals surface area contributed by atoms with Crippen molar-refractivity contribution in [3.05, 3.63) is 63.8 Å². The third-order valence-electron chi connectivity index (χ3n) is 6.03. The maximum absolute atomic E-state index is 13.3. The summed E-state index contributed by atoms with van der Waals surface area (Å²) in [7, 11) is 1.43. The first-order chi connectivity index (χ1) is 15.4. The fourth-order valence-corrected chi connectivity index (χ4v) is 4.71. The summed E-state index contributed by atoms with van der Waals surface area (Å²) < 4.78 is 10.9. The van der Waals surface area contributed by atoms with Crippen LogP contribution in [0.15, 0.2) is 47.7 Å². The summed E-state index contributed by atoms with van der Waals surface area (Å²) in [6.45, 7) is 2.72. The maximum atomic E-state index is 13.3. The smallest absolute Gasteiger partial charge is 0.225 e. The van der Waals surface area contributed by atoms with Gasteiger partial charge in [0.15, 0.2) is 17.3 Å². The van der Waals surface area contributed by atoms with E-state index in [-0.39, 0.29) is 40.6 Å². The highest BCUT2D eigenvalue weighted by molar-refractivity contribution is 6.32. The van der Waals surface area contributed by atoms with Crippen LogP contribution in [0.25, 0.3) is 0 Å². The van der Waals surface area contributed by atoms with Gasteiger partial charge in [0.25, 0.3) is 0 Å². The number of hydrogen-bond donors (Lipinski definition) is 2. The summed E-state index contributed by atoms with van der Waals surface area (Å²) in [4.78, 5) is 25.8. The van der Waals surface area contributed by atoms with Crippen molar-refractivity contribution in [2.75, 3.05) is 13.7 Å². The largest absolute Gasteiger partial charge is 0.503 e. The number of benzene rings is 2. The van der Waals surface area contributed by atoms with E-state index in [0.717, 1.165) is 17.7 Å². The normalized spacial score (nSPS) is 20.6. The molecule has 0 saturated heterocycles. The summed E-state index contributed by atoms with van der Waals surface area (Å²) in [5.41, 5.74) is 3.00. The van der Waals surface area contributed by atoms with E-state index in [0.29, 0.717) is 36.3 Å². The second kappa shape index (κ2) is 9.25. The summed E-state index contributed by atoms with van der Waals surface area (Å²) in [6, 6.07) is 11.1. The van der Waals surface area contributed by atoms with E-state index in [1.165, 1.54) is 7.11 Å². The highest BCUT2D eigenvalue weighted by Gasteiger charge is 2.38. The van der Waals surface area contributed by atoms with Gasteiger partial charge in [-0.05, 0) is 54.2 Å². The average Bonchev–Trinajstić information content (AvgIpc) is 2.78. The van der Waals surface area contributed by atoms with Gasteiger partial charge < -0.3 is 19.9 Å². The predicted octanol–water partition coefficient (Wildman–Crippen LogP) is 4.85. The zero-order valence-corrected chi connectivity index (χ0v) is 18.9. The Hall–Kier alpha value is -2.99. The van der Waals surface area contributed by atoms with Crippen LogP contribution in [0.5, 0.6) is 17.2 Å². The Labute approximate surface area is 192 Å². The highest BCUT2D eigenvalue weighted by Crippen LogP contribution is 2.45. The fraction of sp³-hybridized carbons (Fsp3) is 0.360. The second-order valence-electron chi connectivity index (χ2n) is 8.20. The molecule has 7 heteroatoms. The summed E-state index contributed by atoms with van der Waals surface area (Å²) in [6.07, 6.45) is 2.02. The van der Waals surface area contributed by atoms with E-state index in [2.05, 4.69) is 12.2 Å². The van der Waals surface area contributed by atoms with Crippen molar-refractivity contribution in [3.63, 3.8) is 0 Å². The molecule has 0 aromatic heterocycles. The first-order valence-corrected chi connectivity index (χ1v) is 11.1. The number of methoxy groups -OCH3 is 1. The predicted molar refractivity (Wildman–Crippen MR) is 121 cm³/mol. The van der Waals surface area contributed by atoms with Crippen LogP contribution in [0.4, 0.5) is 0 Å². The maximum Gasteiger partial charge on any atom is 0.225 e. The number of aromatic hydroxyl groups is 1. The van der Waals surface area contributed by atoms with Gasteiger partial charge in [0.1, 0.15) is 5.75 Å². The molecule has 0 radical (unpaired) electrons. The Morgan fingerprint density at radius 1 is 1.09 bits per heavy atom. The number of ketones is 1. The lowest BCUT2D eigenvalue weighted by atomic mass is 9.73. The van der Waals surface area contributed by atoms with Gasteiger partial charge >= 0.3 is 0 Å². The van der Waals surface area contributed by atoms with Crippen LogP contribution in [-0.2, 0) is 9.59 Å². The van der Waals surface area contributed by atoms with Crippen LogP contribution in [0.1, 0.15) is 55.6 Å². The van der Waals surface area contributed by atoms with E-state index in [1.54, 1.807) is 12.1 Å². The zero-order valence-electron chi connectivity index (χ0n) is 18.1. The lowest BCUT2D eigenvalue weighted by molar-refractivity contribution is -0.122. The fourth-order valence-electron chi connectivity index (χ4n) is 4.49. The van der Waals surface area contributed by atoms with Crippen LogP contribution in [0.2, 0.25) is 5.02 Å². The molecule has 0 fully saturated rings. The number of allylic oxidation sites excluding steroid dienone is 2. The topological polar surface area (TPSA) is 84.9 Å². The SMILES string of the molecule is CCCOc1ccc(C2CC(=O)C3=C(C2)NC(=O)CC3c2cc(Cl)c(O)c(OC)c2)cc1. The molecule has 1 heterocycles. The van der Waals surface area contributed by atoms with Gasteiger partial charge in [-0.1, -0.05) is 30.7 Å². The van der Waals surface area contributed by atoms with Crippen molar-refractivity contribution in [1.29, 1.82) is 0 Å². The minimum Gasteiger partial charge on any atom is -0.503 e. The molecule has 2 atom stereocenters. The van der Waals surface area contributed by atoms with Gasteiger partial charge in [-0.25, -0.2) is 0 Å². The molecular weight excluding hydrogens is 430 g/mol. The molecule has 2 unspecified atom stereocenters. The number of phenolic OH excluding ortho intramolecular Hbond substituents is 1. The molecule has 2 aliphatic rings. The van der Waals surface area contributed by atoms with Crippen molar-refractivity contribution in [1.82, 2.24) is 5.32 Å². The van der Waals surface area contributed by atoms with E-state index >= 15 is 0 Å². The number of phenols is 1. The number of rotatable bonds is 6. The van der Waals surface area contributed by atoms with E-state index in [1.807, 2.05) is 24.3 Å². The van der Waals surface area contributed by atoms with Crippen LogP contribution >= 0.6 is 11.6 Å². The Morgan fingerprint density at radius 2 is 1.84 bits per heavy atom. The molecule has 1 amide bonds. The summed E-state index contributed by atoms with van der Waals surface area (Å²) in [5.74, 6) is 0.287. The van der Waals surface area contributed by atoms with Crippen molar-refractivity contribution in [3.8, 4) is 17.2 Å². The third kappa shape index (κ3) is 4.32. The number of hydrogen-bond acceptors (Lipinski definition) is 5. The monoisotopic (exact) mass is 455 g/mol. The van der Waals surface area contributed by atoms with Gasteiger partial charge in [-0.15, -0.1) is 0 Å². The summed E-state index contributed by atoms with van der Waals surface area (Å²) >= 11 is 6.17. The number of nitrogens with one attached hydrogen (secondary N) is 1. The van der Waals surface area contributed by atoms with E-state index in [9.17, 15) is 14.7 Å². The molecule has 0 spiro atoms. The Morgan fingerprint density at radius 3 is 2.53 bits per heavy atom. The first-order valence-electron chi connectivity index (χ1n) is 10.8. The highest BCUT2D eigenvalue weighted by atomic mass is 35.5. The number of Topliss-reactive ketones (excluding diaryl/α,β-unsaturated/α-hetero) is 1. The minimum absolute atomic E-state index is 0.00993. The quantitative estimate of drug-likeness (QED) is 0.650. The number of halogens is 1. The van der Waals surface area contributed by atoms with Crippen LogP contribution < -0.4 is 14.8 Å². The van der Waals surface area contributed by atoms with Gasteiger partial charge in [0.2, 0.25) is 5.91 Å². The lowest BCUT2D eigenvalue weighted by Gasteiger charge is -2.34. The molecule has 2 aromatic rings. The van der Waals surface area contributed by atoms with Crippen LogP contribution in [-0.4, -0.2) is 30.5 Å². The molecule has 1 aliphatic carbocycles. The van der Waals surface area contributed by atoms with Crippen molar-refractivity contribution >= 4 is 23.3 Å². The third-order valence-corrected chi connectivity index (χ3v) is 6.32. The van der Waals surface area contributed by atoms with Gasteiger partial charge in [0.05, 0.1) is 18.7 Å². The van der Waals surface area contributed by atoms with E-state index < -0.39 is 5.92 Å². The average molecular weight is 456 g/mol. The zero-order chi connectivity index (χ0) is 22.8. The molecule has 2 N–H and O–H groups in total. The Kier molecular flexibility index (Phi) is 6.42. The van der Waals surface area contributed by atoms with Gasteiger partial charge in [0, 0.05) is 30.0 Å². The Bertz CT molecular complexity index is 1080. The molecular formula is C25H26ClNO5. The molecule has 168 valence electrons. The van der Waals surface area contributed by atoms with Crippen LogP contribution in [0.3, 0.4) is 0 Å².